The zero-order chi connectivity index (χ0) is 40.7. The summed E-state index contributed by atoms with van der Waals surface area (Å²) in [7, 11) is 0. The summed E-state index contributed by atoms with van der Waals surface area (Å²) in [6, 6.07) is 27.4. The van der Waals surface area contributed by atoms with E-state index in [2.05, 4.69) is 33.3 Å². The van der Waals surface area contributed by atoms with Crippen LogP contribution in [0.25, 0.3) is 56.0 Å². The third-order valence-corrected chi connectivity index (χ3v) is 9.65. The van der Waals surface area contributed by atoms with E-state index in [9.17, 15) is 24.6 Å². The molecule has 5 aromatic heterocycles. The standard InChI is InChI=1S/C26H26N2O2S.C18H11N3O6.CH4.Ru/c1-2-3-4-5-10-18-15-16-31-25(18)22-17-21(19-11-6-8-13-23(19)29)27-26(28-22)20-12-7-9-14-24(20)30;22-9-25-12-1-3-19-15(5-12)17-7-14(27-11-24)8-18(21-17)16-6-13(26-10-23)2-4-20-16;;/h6-9,11-17,29-30H,2-5,10H2,1H3;1-11H;1H4;. The Morgan fingerprint density at radius 3 is 1.68 bits per heavy atom. The van der Waals surface area contributed by atoms with Crippen molar-refractivity contribution in [3.05, 3.63) is 120 Å². The SMILES string of the molecule is C.CCCCCCc1ccsc1-c1cc(-c2ccccc2O)nc(-c2ccccc2O)n1.O=COc1ccnc(-c2cc(OC=O)cc(-c3cc(OC=O)ccn3)n2)c1.[Ru]. The second-order valence-electron chi connectivity index (χ2n) is 12.6. The molecule has 7 aromatic rings. The number of aryl methyl sites for hydroxylation is 1. The number of aromatic nitrogens is 5. The van der Waals surface area contributed by atoms with E-state index in [4.69, 9.17) is 24.2 Å². The van der Waals surface area contributed by atoms with Gasteiger partial charge in [0.05, 0.1) is 44.6 Å². The molecule has 0 fully saturated rings. The van der Waals surface area contributed by atoms with E-state index < -0.39 is 0 Å². The van der Waals surface area contributed by atoms with Gasteiger partial charge in [0.15, 0.2) is 5.82 Å². The topological polar surface area (TPSA) is 184 Å². The number of carbonyl (C=O) groups excluding carboxylic acids is 3. The van der Waals surface area contributed by atoms with E-state index in [0.29, 0.717) is 58.4 Å². The summed E-state index contributed by atoms with van der Waals surface area (Å²) < 4.78 is 14.5. The van der Waals surface area contributed by atoms with Crippen LogP contribution in [-0.4, -0.2) is 54.5 Å². The van der Waals surface area contributed by atoms with Gasteiger partial charge in [0.2, 0.25) is 0 Å². The molecule has 0 aliphatic carbocycles. The molecule has 0 saturated heterocycles. The molecule has 0 atom stereocenters. The maximum atomic E-state index is 10.8. The second-order valence-corrected chi connectivity index (χ2v) is 13.5. The minimum Gasteiger partial charge on any atom is -0.507 e. The maximum absolute atomic E-state index is 10.8. The van der Waals surface area contributed by atoms with Gasteiger partial charge in [-0.05, 0) is 72.3 Å². The average Bonchev–Trinajstić information content (AvgIpc) is 3.72. The Morgan fingerprint density at radius 1 is 0.583 bits per heavy atom. The molecule has 5 heterocycles. The van der Waals surface area contributed by atoms with Crippen LogP contribution in [-0.2, 0) is 40.3 Å². The Hall–Kier alpha value is -6.70. The second kappa shape index (κ2) is 23.0. The molecular formula is C45H41N5O8RuS. The zero-order valence-electron chi connectivity index (χ0n) is 31.6. The molecule has 0 amide bonds. The molecule has 15 heteroatoms. The van der Waals surface area contributed by atoms with Crippen molar-refractivity contribution >= 4 is 30.8 Å². The fourth-order valence-electron chi connectivity index (χ4n) is 5.93. The first-order chi connectivity index (χ1) is 28.4. The van der Waals surface area contributed by atoms with Crippen molar-refractivity contribution in [2.75, 3.05) is 0 Å². The number of phenolic OH excluding ortho intramolecular Hbond substituents is 2. The molecule has 0 spiro atoms. The van der Waals surface area contributed by atoms with E-state index in [1.54, 1.807) is 35.6 Å². The van der Waals surface area contributed by atoms with Crippen LogP contribution in [0.15, 0.2) is 115 Å². The van der Waals surface area contributed by atoms with Gasteiger partial charge in [-0.25, -0.2) is 15.0 Å². The number of hydrogen-bond acceptors (Lipinski definition) is 14. The average molecular weight is 913 g/mol. The van der Waals surface area contributed by atoms with Crippen LogP contribution in [0.5, 0.6) is 28.7 Å². The van der Waals surface area contributed by atoms with Crippen molar-refractivity contribution in [3.63, 3.8) is 0 Å². The van der Waals surface area contributed by atoms with Crippen molar-refractivity contribution < 1.29 is 58.3 Å². The number of hydrogen-bond donors (Lipinski definition) is 2. The Bertz CT molecular complexity index is 2380. The molecular weight excluding hydrogens is 872 g/mol. The number of rotatable bonds is 16. The molecule has 2 aromatic carbocycles. The normalized spacial score (nSPS) is 10.2. The molecule has 0 aliphatic heterocycles. The molecule has 13 nitrogen and oxygen atoms in total. The molecule has 0 unspecified atom stereocenters. The van der Waals surface area contributed by atoms with Gasteiger partial charge >= 0.3 is 0 Å². The van der Waals surface area contributed by atoms with Crippen LogP contribution in [0.4, 0.5) is 0 Å². The maximum Gasteiger partial charge on any atom is 0.298 e. The minimum atomic E-state index is 0. The van der Waals surface area contributed by atoms with Gasteiger partial charge in [-0.3, -0.25) is 24.4 Å². The van der Waals surface area contributed by atoms with Crippen LogP contribution < -0.4 is 14.2 Å². The molecule has 308 valence electrons. The van der Waals surface area contributed by atoms with Crippen molar-refractivity contribution in [1.29, 1.82) is 0 Å². The molecule has 2 N–H and O–H groups in total. The number of phenols is 2. The summed E-state index contributed by atoms with van der Waals surface area (Å²) in [6.45, 7) is 3.10. The van der Waals surface area contributed by atoms with E-state index in [1.807, 2.05) is 30.3 Å². The first-order valence-corrected chi connectivity index (χ1v) is 19.1. The van der Waals surface area contributed by atoms with Crippen LogP contribution in [0.3, 0.4) is 0 Å². The minimum absolute atomic E-state index is 0. The summed E-state index contributed by atoms with van der Waals surface area (Å²) in [6.07, 6.45) is 8.75. The van der Waals surface area contributed by atoms with Gasteiger partial charge in [0.1, 0.15) is 28.7 Å². The Morgan fingerprint density at radius 2 is 1.12 bits per heavy atom. The number of para-hydroxylation sites is 2. The first-order valence-electron chi connectivity index (χ1n) is 18.2. The van der Waals surface area contributed by atoms with E-state index in [0.717, 1.165) is 23.4 Å². The number of unbranched alkanes of at least 4 members (excludes halogenated alkanes) is 3. The number of thiophene rings is 1. The molecule has 0 aliphatic rings. The van der Waals surface area contributed by atoms with Crippen LogP contribution >= 0.6 is 11.3 Å². The van der Waals surface area contributed by atoms with Gasteiger partial charge in [0, 0.05) is 61.7 Å². The van der Waals surface area contributed by atoms with Gasteiger partial charge in [0.25, 0.3) is 19.4 Å². The summed E-state index contributed by atoms with van der Waals surface area (Å²) >= 11 is 1.67. The van der Waals surface area contributed by atoms with Crippen LogP contribution in [0.2, 0.25) is 0 Å². The van der Waals surface area contributed by atoms with E-state index in [1.165, 1.54) is 73.6 Å². The van der Waals surface area contributed by atoms with Gasteiger partial charge < -0.3 is 24.4 Å². The molecule has 60 heavy (non-hydrogen) atoms. The Balaban J connectivity index is 0.000000258. The zero-order valence-corrected chi connectivity index (χ0v) is 34.1. The predicted molar refractivity (Wildman–Crippen MR) is 225 cm³/mol. The fourth-order valence-corrected chi connectivity index (χ4v) is 6.84. The van der Waals surface area contributed by atoms with Gasteiger partial charge in [-0.2, -0.15) is 0 Å². The molecule has 0 radical (unpaired) electrons. The van der Waals surface area contributed by atoms with Gasteiger partial charge in [-0.15, -0.1) is 11.3 Å². The number of nitrogens with zero attached hydrogens (tertiary/aromatic N) is 5. The fraction of sp³-hybridized carbons (Fsp3) is 0.156. The number of ether oxygens (including phenoxy) is 3. The Labute approximate surface area is 363 Å². The van der Waals surface area contributed by atoms with Crippen molar-refractivity contribution in [1.82, 2.24) is 24.9 Å². The van der Waals surface area contributed by atoms with Crippen LogP contribution in [0, 0.1) is 0 Å². The van der Waals surface area contributed by atoms with Crippen molar-refractivity contribution in [3.8, 4) is 84.7 Å². The first kappa shape index (κ1) is 46.0. The summed E-state index contributed by atoms with van der Waals surface area (Å²) in [5.74, 6) is 1.51. The number of benzene rings is 2. The predicted octanol–water partition coefficient (Wildman–Crippen LogP) is 9.52. The molecule has 0 saturated carbocycles. The quantitative estimate of drug-likeness (QED) is 0.0531. The smallest absolute Gasteiger partial charge is 0.298 e. The van der Waals surface area contributed by atoms with Gasteiger partial charge in [-0.1, -0.05) is 57.9 Å². The van der Waals surface area contributed by atoms with E-state index in [-0.39, 0.29) is 62.1 Å². The van der Waals surface area contributed by atoms with Crippen molar-refractivity contribution in [2.24, 2.45) is 0 Å². The largest absolute Gasteiger partial charge is 0.507 e. The Kier molecular flexibility index (Phi) is 17.7. The summed E-state index contributed by atoms with van der Waals surface area (Å²) in [5, 5.41) is 22.9. The molecule has 0 bridgehead atoms. The number of aromatic hydroxyl groups is 2. The number of carbonyl (C=O) groups is 3. The number of pyridine rings is 3. The summed E-state index contributed by atoms with van der Waals surface area (Å²) in [4.78, 5) is 55.3. The third-order valence-electron chi connectivity index (χ3n) is 8.67. The van der Waals surface area contributed by atoms with Crippen molar-refractivity contribution in [2.45, 2.75) is 46.5 Å². The molecule has 7 rings (SSSR count). The third kappa shape index (κ3) is 11.9. The summed E-state index contributed by atoms with van der Waals surface area (Å²) in [5.41, 5.74) is 5.41. The monoisotopic (exact) mass is 913 g/mol. The van der Waals surface area contributed by atoms with Crippen LogP contribution in [0.1, 0.15) is 45.6 Å². The van der Waals surface area contributed by atoms with E-state index >= 15 is 0 Å².